The molecule has 2 nitrogen and oxygen atoms in total. The maximum absolute atomic E-state index is 6.04. The molecule has 2 heteroatoms. The summed E-state index contributed by atoms with van der Waals surface area (Å²) in [5.41, 5.74) is 6.04. The van der Waals surface area contributed by atoms with Gasteiger partial charge >= 0.3 is 0 Å². The van der Waals surface area contributed by atoms with Crippen molar-refractivity contribution in [1.82, 2.24) is 4.90 Å². The molecule has 0 aromatic carbocycles. The summed E-state index contributed by atoms with van der Waals surface area (Å²) in [4.78, 5) is 2.46. The fraction of sp³-hybridized carbons (Fsp3) is 1.00. The van der Waals surface area contributed by atoms with Crippen LogP contribution < -0.4 is 5.73 Å². The summed E-state index contributed by atoms with van der Waals surface area (Å²) < 4.78 is 0. The van der Waals surface area contributed by atoms with Crippen molar-refractivity contribution in [3.05, 3.63) is 0 Å². The molecule has 1 atom stereocenters. The third-order valence-electron chi connectivity index (χ3n) is 2.68. The highest BCUT2D eigenvalue weighted by molar-refractivity contribution is 4.85. The van der Waals surface area contributed by atoms with Crippen molar-refractivity contribution in [2.75, 3.05) is 19.6 Å². The van der Waals surface area contributed by atoms with Crippen LogP contribution in [-0.4, -0.2) is 30.6 Å². The van der Waals surface area contributed by atoms with E-state index < -0.39 is 0 Å². The van der Waals surface area contributed by atoms with E-state index in [1.165, 1.54) is 25.8 Å². The van der Waals surface area contributed by atoms with Gasteiger partial charge in [0, 0.05) is 12.6 Å². The second-order valence-corrected chi connectivity index (χ2v) is 3.89. The van der Waals surface area contributed by atoms with Gasteiger partial charge < -0.3 is 10.6 Å². The van der Waals surface area contributed by atoms with E-state index in [-0.39, 0.29) is 0 Å². The molecule has 0 aromatic heterocycles. The Hall–Kier alpha value is -0.0800. The minimum absolute atomic E-state index is 0.441. The lowest BCUT2D eigenvalue weighted by molar-refractivity contribution is 0.261. The van der Waals surface area contributed by atoms with Crippen molar-refractivity contribution < 1.29 is 0 Å². The second-order valence-electron chi connectivity index (χ2n) is 3.89. The first-order valence-corrected chi connectivity index (χ1v) is 5.25. The van der Waals surface area contributed by atoms with Crippen LogP contribution >= 0.6 is 0 Å². The lowest BCUT2D eigenvalue weighted by Gasteiger charge is -2.23. The molecule has 72 valence electrons. The van der Waals surface area contributed by atoms with E-state index in [2.05, 4.69) is 18.7 Å². The van der Waals surface area contributed by atoms with E-state index in [9.17, 15) is 0 Å². The predicted molar refractivity (Wildman–Crippen MR) is 53.1 cm³/mol. The Balaban J connectivity index is 2.15. The normalized spacial score (nSPS) is 20.0. The predicted octanol–water partition coefficient (Wildman–Crippen LogP) is 1.46. The molecule has 12 heavy (non-hydrogen) atoms. The van der Waals surface area contributed by atoms with Gasteiger partial charge in [-0.15, -0.1) is 0 Å². The minimum atomic E-state index is 0.441. The van der Waals surface area contributed by atoms with Crippen molar-refractivity contribution in [1.29, 1.82) is 0 Å². The summed E-state index contributed by atoms with van der Waals surface area (Å²) in [6.45, 7) is 7.90. The average Bonchev–Trinajstić information content (AvgIpc) is 2.85. The number of nitrogens with two attached hydrogens (primary N) is 1. The summed E-state index contributed by atoms with van der Waals surface area (Å²) >= 11 is 0. The van der Waals surface area contributed by atoms with Gasteiger partial charge in [-0.05, 0) is 38.3 Å². The number of nitrogens with zero attached hydrogens (tertiary/aromatic N) is 1. The highest BCUT2D eigenvalue weighted by atomic mass is 15.1. The summed E-state index contributed by atoms with van der Waals surface area (Å²) in [5.74, 6) is 0.843. The van der Waals surface area contributed by atoms with Crippen molar-refractivity contribution in [2.45, 2.75) is 39.2 Å². The van der Waals surface area contributed by atoms with E-state index in [1.807, 2.05) is 0 Å². The maximum atomic E-state index is 6.04. The number of rotatable bonds is 6. The molecule has 1 saturated carbocycles. The number of hydrogen-bond donors (Lipinski definition) is 1. The quantitative estimate of drug-likeness (QED) is 0.654. The topological polar surface area (TPSA) is 29.3 Å². The van der Waals surface area contributed by atoms with Crippen LogP contribution in [0.15, 0.2) is 0 Å². The van der Waals surface area contributed by atoms with Crippen LogP contribution in [0.3, 0.4) is 0 Å². The number of hydrogen-bond acceptors (Lipinski definition) is 2. The molecule has 1 fully saturated rings. The molecule has 0 saturated heterocycles. The second kappa shape index (κ2) is 4.83. The fourth-order valence-electron chi connectivity index (χ4n) is 1.67. The van der Waals surface area contributed by atoms with Crippen molar-refractivity contribution in [3.63, 3.8) is 0 Å². The highest BCUT2D eigenvalue weighted by Crippen LogP contribution is 2.31. The van der Waals surface area contributed by atoms with Crippen molar-refractivity contribution in [3.8, 4) is 0 Å². The van der Waals surface area contributed by atoms with Gasteiger partial charge in [0.15, 0.2) is 0 Å². The van der Waals surface area contributed by atoms with Gasteiger partial charge in [0.2, 0.25) is 0 Å². The Labute approximate surface area is 76.1 Å². The van der Waals surface area contributed by atoms with Gasteiger partial charge in [-0.2, -0.15) is 0 Å². The van der Waals surface area contributed by atoms with E-state index in [4.69, 9.17) is 5.73 Å². The molecule has 0 aromatic rings. The van der Waals surface area contributed by atoms with Crippen LogP contribution in [0.25, 0.3) is 0 Å². The zero-order chi connectivity index (χ0) is 8.97. The molecule has 1 unspecified atom stereocenters. The van der Waals surface area contributed by atoms with E-state index in [0.29, 0.717) is 6.04 Å². The SMILES string of the molecule is CCCN(CC)CC(N)C1CC1. The Bertz CT molecular complexity index is 121. The number of likely N-dealkylation sites (N-methyl/N-ethyl adjacent to an activating group) is 1. The van der Waals surface area contributed by atoms with Crippen molar-refractivity contribution in [2.24, 2.45) is 11.7 Å². The first-order chi connectivity index (χ1) is 5.77. The molecule has 2 N–H and O–H groups in total. The molecule has 0 spiro atoms. The van der Waals surface area contributed by atoms with Gasteiger partial charge in [-0.1, -0.05) is 13.8 Å². The molecule has 1 aliphatic rings. The standard InChI is InChI=1S/C10H22N2/c1-3-7-12(4-2)8-10(11)9-5-6-9/h9-10H,3-8,11H2,1-2H3. The Morgan fingerprint density at radius 3 is 2.50 bits per heavy atom. The first-order valence-electron chi connectivity index (χ1n) is 5.25. The third-order valence-corrected chi connectivity index (χ3v) is 2.68. The van der Waals surface area contributed by atoms with Crippen LogP contribution in [0.4, 0.5) is 0 Å². The van der Waals surface area contributed by atoms with Crippen LogP contribution in [0.1, 0.15) is 33.1 Å². The van der Waals surface area contributed by atoms with E-state index >= 15 is 0 Å². The van der Waals surface area contributed by atoms with Gasteiger partial charge in [0.05, 0.1) is 0 Å². The minimum Gasteiger partial charge on any atom is -0.326 e. The van der Waals surface area contributed by atoms with Gasteiger partial charge in [-0.3, -0.25) is 0 Å². The Morgan fingerprint density at radius 2 is 2.08 bits per heavy atom. The fourth-order valence-corrected chi connectivity index (χ4v) is 1.67. The third kappa shape index (κ3) is 3.11. The zero-order valence-electron chi connectivity index (χ0n) is 8.42. The van der Waals surface area contributed by atoms with Gasteiger partial charge in [0.25, 0.3) is 0 Å². The molecule has 0 bridgehead atoms. The van der Waals surface area contributed by atoms with Gasteiger partial charge in [-0.25, -0.2) is 0 Å². The summed E-state index contributed by atoms with van der Waals surface area (Å²) in [6, 6.07) is 0.441. The summed E-state index contributed by atoms with van der Waals surface area (Å²) in [5, 5.41) is 0. The Kier molecular flexibility index (Phi) is 4.02. The van der Waals surface area contributed by atoms with E-state index in [1.54, 1.807) is 0 Å². The highest BCUT2D eigenvalue weighted by Gasteiger charge is 2.29. The van der Waals surface area contributed by atoms with Crippen LogP contribution in [-0.2, 0) is 0 Å². The molecule has 1 rings (SSSR count). The molecule has 0 radical (unpaired) electrons. The molecular weight excluding hydrogens is 148 g/mol. The largest absolute Gasteiger partial charge is 0.326 e. The van der Waals surface area contributed by atoms with Crippen LogP contribution in [0, 0.1) is 5.92 Å². The lowest BCUT2D eigenvalue weighted by Crippen LogP contribution is -2.39. The van der Waals surface area contributed by atoms with Crippen LogP contribution in [0.5, 0.6) is 0 Å². The van der Waals surface area contributed by atoms with E-state index in [0.717, 1.165) is 19.0 Å². The Morgan fingerprint density at radius 1 is 1.42 bits per heavy atom. The molecule has 0 heterocycles. The van der Waals surface area contributed by atoms with Crippen LogP contribution in [0.2, 0.25) is 0 Å². The van der Waals surface area contributed by atoms with Crippen molar-refractivity contribution >= 4 is 0 Å². The monoisotopic (exact) mass is 170 g/mol. The van der Waals surface area contributed by atoms with Gasteiger partial charge in [0.1, 0.15) is 0 Å². The average molecular weight is 170 g/mol. The first kappa shape index (κ1) is 10.0. The summed E-state index contributed by atoms with van der Waals surface area (Å²) in [6.07, 6.45) is 3.97. The lowest BCUT2D eigenvalue weighted by atomic mass is 10.2. The molecule has 0 amide bonds. The molecule has 0 aliphatic heterocycles. The summed E-state index contributed by atoms with van der Waals surface area (Å²) in [7, 11) is 0. The zero-order valence-corrected chi connectivity index (χ0v) is 8.42. The molecule has 1 aliphatic carbocycles. The smallest absolute Gasteiger partial charge is 0.0196 e. The molecular formula is C10H22N2. The maximum Gasteiger partial charge on any atom is 0.0196 e.